The van der Waals surface area contributed by atoms with Gasteiger partial charge in [-0.1, -0.05) is 20.8 Å². The Labute approximate surface area is 99.6 Å². The maximum atomic E-state index is 12.2. The maximum absolute atomic E-state index is 12.2. The van der Waals surface area contributed by atoms with Crippen molar-refractivity contribution in [3.05, 3.63) is 0 Å². The number of nitrogens with one attached hydrogen (secondary N) is 1. The van der Waals surface area contributed by atoms with Crippen molar-refractivity contribution in [2.45, 2.75) is 33.6 Å². The van der Waals surface area contributed by atoms with Gasteiger partial charge in [0.1, 0.15) is 0 Å². The number of carbonyl (C=O) groups excluding carboxylic acids is 1. The molecule has 2 atom stereocenters. The third-order valence-corrected chi connectivity index (χ3v) is 3.71. The first-order chi connectivity index (χ1) is 7.56. The summed E-state index contributed by atoms with van der Waals surface area (Å²) in [4.78, 5) is 14.3. The van der Waals surface area contributed by atoms with Crippen LogP contribution in [0.2, 0.25) is 0 Å². The molecule has 0 aliphatic carbocycles. The Morgan fingerprint density at radius 1 is 1.44 bits per heavy atom. The van der Waals surface area contributed by atoms with E-state index in [4.69, 9.17) is 0 Å². The molecule has 1 saturated heterocycles. The molecule has 0 saturated carbocycles. The minimum atomic E-state index is 0.160. The van der Waals surface area contributed by atoms with Crippen LogP contribution in [-0.2, 0) is 4.79 Å². The molecule has 1 rings (SSSR count). The molecule has 1 heterocycles. The van der Waals surface area contributed by atoms with E-state index >= 15 is 0 Å². The van der Waals surface area contributed by atoms with Gasteiger partial charge in [0.05, 0.1) is 0 Å². The molecular weight excluding hydrogens is 200 g/mol. The second-order valence-electron chi connectivity index (χ2n) is 5.38. The highest BCUT2D eigenvalue weighted by Crippen LogP contribution is 2.20. The zero-order valence-corrected chi connectivity index (χ0v) is 11.1. The molecule has 1 aliphatic rings. The molecular formula is C13H26N2O. The molecule has 1 aliphatic heterocycles. The van der Waals surface area contributed by atoms with Gasteiger partial charge in [-0.15, -0.1) is 0 Å². The molecule has 16 heavy (non-hydrogen) atoms. The number of hydrogen-bond acceptors (Lipinski definition) is 2. The molecule has 0 radical (unpaired) electrons. The van der Waals surface area contributed by atoms with Crippen LogP contribution in [0.4, 0.5) is 0 Å². The van der Waals surface area contributed by atoms with Crippen molar-refractivity contribution in [2.24, 2.45) is 17.8 Å². The number of amides is 1. The predicted octanol–water partition coefficient (Wildman–Crippen LogP) is 1.74. The number of piperidine rings is 1. The molecule has 0 spiro atoms. The topological polar surface area (TPSA) is 32.3 Å². The van der Waals surface area contributed by atoms with Gasteiger partial charge >= 0.3 is 0 Å². The lowest BCUT2D eigenvalue weighted by atomic mass is 9.93. The number of likely N-dealkylation sites (tertiary alicyclic amines) is 1. The van der Waals surface area contributed by atoms with Gasteiger partial charge in [-0.05, 0) is 38.3 Å². The summed E-state index contributed by atoms with van der Waals surface area (Å²) in [6.07, 6.45) is 2.41. The lowest BCUT2D eigenvalue weighted by molar-refractivity contribution is -0.138. The van der Waals surface area contributed by atoms with Crippen molar-refractivity contribution in [3.63, 3.8) is 0 Å². The Morgan fingerprint density at radius 3 is 2.69 bits per heavy atom. The molecule has 3 nitrogen and oxygen atoms in total. The molecule has 0 aromatic heterocycles. The highest BCUT2D eigenvalue weighted by atomic mass is 16.2. The normalized spacial score (nSPS) is 23.6. The second kappa shape index (κ2) is 6.24. The van der Waals surface area contributed by atoms with Crippen LogP contribution in [-0.4, -0.2) is 37.5 Å². The predicted molar refractivity (Wildman–Crippen MR) is 67.2 cm³/mol. The van der Waals surface area contributed by atoms with Crippen molar-refractivity contribution in [3.8, 4) is 0 Å². The van der Waals surface area contributed by atoms with Crippen molar-refractivity contribution in [2.75, 3.05) is 26.7 Å². The Kier molecular flexibility index (Phi) is 5.26. The fourth-order valence-corrected chi connectivity index (χ4v) is 2.29. The van der Waals surface area contributed by atoms with Gasteiger partial charge in [0.2, 0.25) is 5.91 Å². The fraction of sp³-hybridized carbons (Fsp3) is 0.923. The van der Waals surface area contributed by atoms with Crippen LogP contribution in [0.1, 0.15) is 33.6 Å². The summed E-state index contributed by atoms with van der Waals surface area (Å²) in [5.41, 5.74) is 0. The van der Waals surface area contributed by atoms with Crippen LogP contribution in [0.3, 0.4) is 0 Å². The number of carbonyl (C=O) groups is 1. The molecule has 3 heteroatoms. The van der Waals surface area contributed by atoms with Crippen LogP contribution < -0.4 is 5.32 Å². The number of nitrogens with zero attached hydrogens (tertiary/aromatic N) is 1. The van der Waals surface area contributed by atoms with E-state index < -0.39 is 0 Å². The molecule has 94 valence electrons. The van der Waals surface area contributed by atoms with Gasteiger partial charge in [-0.2, -0.15) is 0 Å². The summed E-state index contributed by atoms with van der Waals surface area (Å²) in [6, 6.07) is 0. The van der Waals surface area contributed by atoms with Gasteiger partial charge in [0.25, 0.3) is 0 Å². The van der Waals surface area contributed by atoms with Gasteiger partial charge in [0, 0.05) is 19.0 Å². The van der Waals surface area contributed by atoms with Gasteiger partial charge in [-0.25, -0.2) is 0 Å². The summed E-state index contributed by atoms with van der Waals surface area (Å²) in [5.74, 6) is 1.59. The lowest BCUT2D eigenvalue weighted by Gasteiger charge is -2.35. The smallest absolute Gasteiger partial charge is 0.225 e. The molecule has 1 fully saturated rings. The number of hydrogen-bond donors (Lipinski definition) is 1. The van der Waals surface area contributed by atoms with E-state index in [-0.39, 0.29) is 5.92 Å². The lowest BCUT2D eigenvalue weighted by Crippen LogP contribution is -2.45. The zero-order chi connectivity index (χ0) is 12.1. The second-order valence-corrected chi connectivity index (χ2v) is 5.38. The average molecular weight is 226 g/mol. The fourth-order valence-electron chi connectivity index (χ4n) is 2.29. The van der Waals surface area contributed by atoms with Crippen molar-refractivity contribution < 1.29 is 4.79 Å². The van der Waals surface area contributed by atoms with E-state index in [2.05, 4.69) is 31.0 Å². The first kappa shape index (κ1) is 13.5. The molecule has 0 aromatic rings. The molecule has 0 bridgehead atoms. The standard InChI is InChI=1S/C13H26N2O/c1-10(2)11(3)13(16)15-7-5-6-12(9-15)8-14-4/h10-12,14H,5-9H2,1-4H3. The Morgan fingerprint density at radius 2 is 2.12 bits per heavy atom. The molecule has 2 unspecified atom stereocenters. The van der Waals surface area contributed by atoms with E-state index in [1.54, 1.807) is 0 Å². The Hall–Kier alpha value is -0.570. The van der Waals surface area contributed by atoms with E-state index in [0.717, 1.165) is 26.1 Å². The van der Waals surface area contributed by atoms with E-state index in [9.17, 15) is 4.79 Å². The van der Waals surface area contributed by atoms with E-state index in [1.807, 2.05) is 7.05 Å². The largest absolute Gasteiger partial charge is 0.342 e. The molecule has 1 N–H and O–H groups in total. The Bertz CT molecular complexity index is 226. The highest BCUT2D eigenvalue weighted by Gasteiger charge is 2.27. The third-order valence-electron chi connectivity index (χ3n) is 3.71. The zero-order valence-electron chi connectivity index (χ0n) is 11.1. The summed E-state index contributed by atoms with van der Waals surface area (Å²) in [6.45, 7) is 9.22. The summed E-state index contributed by atoms with van der Waals surface area (Å²) in [5, 5.41) is 3.21. The van der Waals surface area contributed by atoms with Crippen LogP contribution in [0.15, 0.2) is 0 Å². The monoisotopic (exact) mass is 226 g/mol. The van der Waals surface area contributed by atoms with Gasteiger partial charge in [0.15, 0.2) is 0 Å². The van der Waals surface area contributed by atoms with Crippen molar-refractivity contribution in [1.82, 2.24) is 10.2 Å². The Balaban J connectivity index is 2.49. The van der Waals surface area contributed by atoms with Crippen LogP contribution in [0.25, 0.3) is 0 Å². The van der Waals surface area contributed by atoms with E-state index in [1.165, 1.54) is 6.42 Å². The van der Waals surface area contributed by atoms with Crippen molar-refractivity contribution in [1.29, 1.82) is 0 Å². The van der Waals surface area contributed by atoms with E-state index in [0.29, 0.717) is 17.7 Å². The highest BCUT2D eigenvalue weighted by molar-refractivity contribution is 5.78. The minimum absolute atomic E-state index is 0.160. The summed E-state index contributed by atoms with van der Waals surface area (Å²) in [7, 11) is 1.98. The molecule has 0 aromatic carbocycles. The number of rotatable bonds is 4. The van der Waals surface area contributed by atoms with Gasteiger partial charge < -0.3 is 10.2 Å². The summed E-state index contributed by atoms with van der Waals surface area (Å²) >= 11 is 0. The van der Waals surface area contributed by atoms with Crippen LogP contribution >= 0.6 is 0 Å². The third kappa shape index (κ3) is 3.48. The maximum Gasteiger partial charge on any atom is 0.225 e. The first-order valence-electron chi connectivity index (χ1n) is 6.49. The molecule has 1 amide bonds. The quantitative estimate of drug-likeness (QED) is 0.792. The SMILES string of the molecule is CNCC1CCCN(C(=O)C(C)C(C)C)C1. The van der Waals surface area contributed by atoms with Crippen LogP contribution in [0, 0.1) is 17.8 Å². The summed E-state index contributed by atoms with van der Waals surface area (Å²) < 4.78 is 0. The van der Waals surface area contributed by atoms with Crippen molar-refractivity contribution >= 4 is 5.91 Å². The average Bonchev–Trinajstić information content (AvgIpc) is 2.28. The van der Waals surface area contributed by atoms with Gasteiger partial charge in [-0.3, -0.25) is 4.79 Å². The minimum Gasteiger partial charge on any atom is -0.342 e. The first-order valence-corrected chi connectivity index (χ1v) is 6.49. The van der Waals surface area contributed by atoms with Crippen LogP contribution in [0.5, 0.6) is 0 Å².